The number of thioether (sulfide) groups is 1. The van der Waals surface area contributed by atoms with Gasteiger partial charge in [-0.1, -0.05) is 12.1 Å². The summed E-state index contributed by atoms with van der Waals surface area (Å²) >= 11 is 3.73. The van der Waals surface area contributed by atoms with Crippen LogP contribution in [0.1, 0.15) is 24.0 Å². The molecule has 19 heavy (non-hydrogen) atoms. The summed E-state index contributed by atoms with van der Waals surface area (Å²) in [6.07, 6.45) is 3.88. The summed E-state index contributed by atoms with van der Waals surface area (Å²) in [6, 6.07) is 12.0. The summed E-state index contributed by atoms with van der Waals surface area (Å²) in [6.45, 7) is 1.02. The van der Waals surface area contributed by atoms with Gasteiger partial charge in [0.05, 0.1) is 0 Å². The second kappa shape index (κ2) is 6.60. The SMILES string of the molecule is c1cc(CCSc2ccc(CNC3CC3)cc2)cs1. The van der Waals surface area contributed by atoms with Crippen molar-refractivity contribution < 1.29 is 0 Å². The smallest absolute Gasteiger partial charge is 0.0208 e. The van der Waals surface area contributed by atoms with E-state index in [0.717, 1.165) is 18.3 Å². The van der Waals surface area contributed by atoms with Gasteiger partial charge in [0.2, 0.25) is 0 Å². The Morgan fingerprint density at radius 1 is 1.11 bits per heavy atom. The Hall–Kier alpha value is -0.770. The maximum absolute atomic E-state index is 3.55. The molecule has 1 heterocycles. The van der Waals surface area contributed by atoms with Gasteiger partial charge < -0.3 is 5.32 Å². The largest absolute Gasteiger partial charge is 0.310 e. The highest BCUT2D eigenvalue weighted by molar-refractivity contribution is 7.99. The molecule has 1 aliphatic carbocycles. The lowest BCUT2D eigenvalue weighted by molar-refractivity contribution is 0.687. The molecule has 1 nitrogen and oxygen atoms in total. The van der Waals surface area contributed by atoms with E-state index in [1.807, 2.05) is 11.8 Å². The van der Waals surface area contributed by atoms with Crippen LogP contribution in [0.15, 0.2) is 46.0 Å². The molecule has 0 radical (unpaired) electrons. The number of nitrogens with one attached hydrogen (secondary N) is 1. The Kier molecular flexibility index (Phi) is 4.59. The predicted molar refractivity (Wildman–Crippen MR) is 85.1 cm³/mol. The average Bonchev–Trinajstić information content (AvgIpc) is 3.13. The maximum Gasteiger partial charge on any atom is 0.0208 e. The molecule has 3 rings (SSSR count). The number of hydrogen-bond acceptors (Lipinski definition) is 3. The fraction of sp³-hybridized carbons (Fsp3) is 0.375. The number of rotatable bonds is 7. The molecule has 1 aliphatic rings. The van der Waals surface area contributed by atoms with Crippen LogP contribution in [0.4, 0.5) is 0 Å². The minimum absolute atomic E-state index is 0.791. The van der Waals surface area contributed by atoms with Gasteiger partial charge in [-0.15, -0.1) is 11.8 Å². The first kappa shape index (κ1) is 13.2. The normalized spacial score (nSPS) is 14.7. The third kappa shape index (κ3) is 4.37. The van der Waals surface area contributed by atoms with E-state index in [0.29, 0.717) is 0 Å². The Bertz CT molecular complexity index is 486. The van der Waals surface area contributed by atoms with Crippen LogP contribution in [0.25, 0.3) is 0 Å². The average molecular weight is 289 g/mol. The van der Waals surface area contributed by atoms with Crippen molar-refractivity contribution in [3.8, 4) is 0 Å². The summed E-state index contributed by atoms with van der Waals surface area (Å²) < 4.78 is 0. The van der Waals surface area contributed by atoms with E-state index in [1.165, 1.54) is 35.3 Å². The predicted octanol–water partition coefficient (Wildman–Crippen LogP) is 4.33. The molecule has 0 amide bonds. The third-order valence-electron chi connectivity index (χ3n) is 3.34. The molecule has 3 heteroatoms. The zero-order chi connectivity index (χ0) is 12.9. The van der Waals surface area contributed by atoms with Crippen LogP contribution < -0.4 is 5.32 Å². The van der Waals surface area contributed by atoms with Crippen molar-refractivity contribution >= 4 is 23.1 Å². The Morgan fingerprint density at radius 2 is 1.95 bits per heavy atom. The lowest BCUT2D eigenvalue weighted by Gasteiger charge is -2.05. The Morgan fingerprint density at radius 3 is 2.63 bits per heavy atom. The number of thiophene rings is 1. The van der Waals surface area contributed by atoms with Crippen LogP contribution in [0.5, 0.6) is 0 Å². The van der Waals surface area contributed by atoms with Crippen LogP contribution >= 0.6 is 23.1 Å². The van der Waals surface area contributed by atoms with E-state index in [9.17, 15) is 0 Å². The number of benzene rings is 1. The minimum atomic E-state index is 0.791. The van der Waals surface area contributed by atoms with Crippen LogP contribution in [-0.2, 0) is 13.0 Å². The molecule has 1 aromatic heterocycles. The molecule has 1 fully saturated rings. The Balaban J connectivity index is 1.42. The molecule has 2 aromatic rings. The molecule has 0 atom stereocenters. The monoisotopic (exact) mass is 289 g/mol. The molecule has 1 N–H and O–H groups in total. The van der Waals surface area contributed by atoms with E-state index >= 15 is 0 Å². The highest BCUT2D eigenvalue weighted by atomic mass is 32.2. The fourth-order valence-corrected chi connectivity index (χ4v) is 3.58. The van der Waals surface area contributed by atoms with Crippen LogP contribution in [0, 0.1) is 0 Å². The van der Waals surface area contributed by atoms with E-state index in [-0.39, 0.29) is 0 Å². The van der Waals surface area contributed by atoms with Gasteiger partial charge in [0, 0.05) is 23.2 Å². The van der Waals surface area contributed by atoms with Crippen molar-refractivity contribution in [3.63, 3.8) is 0 Å². The molecule has 0 spiro atoms. The van der Waals surface area contributed by atoms with E-state index in [2.05, 4.69) is 46.4 Å². The van der Waals surface area contributed by atoms with Gasteiger partial charge in [-0.25, -0.2) is 0 Å². The lowest BCUT2D eigenvalue weighted by atomic mass is 10.2. The van der Waals surface area contributed by atoms with Crippen molar-refractivity contribution in [2.75, 3.05) is 5.75 Å². The third-order valence-corrected chi connectivity index (χ3v) is 5.08. The quantitative estimate of drug-likeness (QED) is 0.761. The summed E-state index contributed by atoms with van der Waals surface area (Å²) in [5.41, 5.74) is 2.86. The van der Waals surface area contributed by atoms with Gasteiger partial charge in [0.1, 0.15) is 0 Å². The molecule has 100 valence electrons. The highest BCUT2D eigenvalue weighted by Gasteiger charge is 2.19. The van der Waals surface area contributed by atoms with Crippen molar-refractivity contribution in [1.29, 1.82) is 0 Å². The lowest BCUT2D eigenvalue weighted by Crippen LogP contribution is -2.14. The summed E-state index contributed by atoms with van der Waals surface area (Å²) in [5, 5.41) is 7.95. The first-order valence-electron chi connectivity index (χ1n) is 6.86. The van der Waals surface area contributed by atoms with Gasteiger partial charge in [0.25, 0.3) is 0 Å². The van der Waals surface area contributed by atoms with Gasteiger partial charge in [-0.3, -0.25) is 0 Å². The molecule has 0 saturated heterocycles. The van der Waals surface area contributed by atoms with E-state index in [1.54, 1.807) is 11.3 Å². The van der Waals surface area contributed by atoms with Gasteiger partial charge in [-0.05, 0) is 59.3 Å². The fourth-order valence-electron chi connectivity index (χ4n) is 1.97. The maximum atomic E-state index is 3.55. The first-order valence-corrected chi connectivity index (χ1v) is 8.79. The Labute approximate surface area is 123 Å². The van der Waals surface area contributed by atoms with Gasteiger partial charge in [-0.2, -0.15) is 11.3 Å². The molecule has 0 bridgehead atoms. The highest BCUT2D eigenvalue weighted by Crippen LogP contribution is 2.22. The van der Waals surface area contributed by atoms with Gasteiger partial charge in [0.15, 0.2) is 0 Å². The van der Waals surface area contributed by atoms with E-state index < -0.39 is 0 Å². The second-order valence-corrected chi connectivity index (χ2v) is 6.98. The van der Waals surface area contributed by atoms with E-state index in [4.69, 9.17) is 0 Å². The summed E-state index contributed by atoms with van der Waals surface area (Å²) in [5.74, 6) is 1.16. The topological polar surface area (TPSA) is 12.0 Å². The summed E-state index contributed by atoms with van der Waals surface area (Å²) in [4.78, 5) is 1.38. The van der Waals surface area contributed by atoms with Crippen LogP contribution in [0.2, 0.25) is 0 Å². The first-order chi connectivity index (χ1) is 9.40. The van der Waals surface area contributed by atoms with Crippen LogP contribution in [0.3, 0.4) is 0 Å². The van der Waals surface area contributed by atoms with Crippen molar-refractivity contribution in [3.05, 3.63) is 52.2 Å². The molecular weight excluding hydrogens is 270 g/mol. The molecule has 0 aliphatic heterocycles. The van der Waals surface area contributed by atoms with Crippen molar-refractivity contribution in [2.45, 2.75) is 36.7 Å². The van der Waals surface area contributed by atoms with Crippen molar-refractivity contribution in [1.82, 2.24) is 5.32 Å². The number of aryl methyl sites for hydroxylation is 1. The number of hydrogen-bond donors (Lipinski definition) is 1. The standard InChI is InChI=1S/C16H19NS2/c1-5-16(19-10-8-14-7-9-18-12-14)6-2-13(1)11-17-15-3-4-15/h1-2,5-7,9,12,15,17H,3-4,8,10-11H2. The molecule has 0 unspecified atom stereocenters. The van der Waals surface area contributed by atoms with Gasteiger partial charge >= 0.3 is 0 Å². The molecule has 1 saturated carbocycles. The molecular formula is C16H19NS2. The van der Waals surface area contributed by atoms with Crippen molar-refractivity contribution in [2.24, 2.45) is 0 Å². The van der Waals surface area contributed by atoms with Crippen LogP contribution in [-0.4, -0.2) is 11.8 Å². The second-order valence-electron chi connectivity index (χ2n) is 5.03. The zero-order valence-corrected chi connectivity index (χ0v) is 12.6. The summed E-state index contributed by atoms with van der Waals surface area (Å²) in [7, 11) is 0. The zero-order valence-electron chi connectivity index (χ0n) is 11.0. The minimum Gasteiger partial charge on any atom is -0.310 e. The molecule has 1 aromatic carbocycles.